The molecule has 3 rings (SSSR count). The van der Waals surface area contributed by atoms with Gasteiger partial charge in [-0.3, -0.25) is 4.98 Å². The van der Waals surface area contributed by atoms with E-state index in [0.717, 1.165) is 30.0 Å². The molecule has 1 aromatic carbocycles. The highest BCUT2D eigenvalue weighted by molar-refractivity contribution is 6.30. The summed E-state index contributed by atoms with van der Waals surface area (Å²) in [4.78, 5) is 4.26. The molecule has 18 heavy (non-hydrogen) atoms. The van der Waals surface area contributed by atoms with Gasteiger partial charge in [-0.05, 0) is 29.3 Å². The quantitative estimate of drug-likeness (QED) is 0.903. The van der Waals surface area contributed by atoms with E-state index in [-0.39, 0.29) is 6.04 Å². The molecular weight excluding hydrogens is 248 g/mol. The molecule has 0 amide bonds. The zero-order chi connectivity index (χ0) is 12.5. The summed E-state index contributed by atoms with van der Waals surface area (Å²) in [6.45, 7) is 0.757. The topological polar surface area (TPSA) is 48.1 Å². The normalized spacial score (nSPS) is 15.0. The van der Waals surface area contributed by atoms with Gasteiger partial charge in [-0.2, -0.15) is 0 Å². The van der Waals surface area contributed by atoms with Crippen LogP contribution in [0.4, 0.5) is 0 Å². The summed E-state index contributed by atoms with van der Waals surface area (Å²) in [5, 5.41) is 0.619. The summed E-state index contributed by atoms with van der Waals surface area (Å²) in [7, 11) is 0. The molecule has 2 N–H and O–H groups in total. The average Bonchev–Trinajstić information content (AvgIpc) is 2.86. The van der Waals surface area contributed by atoms with Gasteiger partial charge < -0.3 is 10.5 Å². The third-order valence-electron chi connectivity index (χ3n) is 3.14. The summed E-state index contributed by atoms with van der Waals surface area (Å²) in [6.07, 6.45) is 2.57. The van der Waals surface area contributed by atoms with Crippen LogP contribution in [-0.2, 0) is 6.42 Å². The van der Waals surface area contributed by atoms with E-state index >= 15 is 0 Å². The lowest BCUT2D eigenvalue weighted by Gasteiger charge is -2.12. The lowest BCUT2D eigenvalue weighted by molar-refractivity contribution is 0.357. The first-order chi connectivity index (χ1) is 8.74. The number of hydrogen-bond donors (Lipinski definition) is 1. The second-order valence-electron chi connectivity index (χ2n) is 4.34. The Morgan fingerprint density at radius 3 is 2.94 bits per heavy atom. The minimum atomic E-state index is -0.229. The molecule has 2 aromatic rings. The number of aromatic nitrogens is 1. The molecule has 0 radical (unpaired) electrons. The summed E-state index contributed by atoms with van der Waals surface area (Å²) >= 11 is 5.82. The highest BCUT2D eigenvalue weighted by Crippen LogP contribution is 2.29. The van der Waals surface area contributed by atoms with Gasteiger partial charge in [0.2, 0.25) is 0 Å². The minimum Gasteiger partial charge on any atom is -0.493 e. The molecule has 0 fully saturated rings. The molecule has 1 aromatic heterocycles. The van der Waals surface area contributed by atoms with Gasteiger partial charge in [-0.15, -0.1) is 0 Å². The fraction of sp³-hybridized carbons (Fsp3) is 0.214. The Balaban J connectivity index is 1.92. The number of ether oxygens (including phenoxy) is 1. The maximum absolute atomic E-state index is 6.21. The average molecular weight is 261 g/mol. The molecule has 0 saturated heterocycles. The van der Waals surface area contributed by atoms with E-state index in [1.54, 1.807) is 12.3 Å². The first kappa shape index (κ1) is 11.5. The van der Waals surface area contributed by atoms with Crippen LogP contribution in [0.1, 0.15) is 22.9 Å². The van der Waals surface area contributed by atoms with Crippen LogP contribution in [0, 0.1) is 0 Å². The van der Waals surface area contributed by atoms with Gasteiger partial charge in [-0.1, -0.05) is 23.7 Å². The summed E-state index contributed by atoms with van der Waals surface area (Å²) in [5.74, 6) is 0.968. The molecule has 0 bridgehead atoms. The van der Waals surface area contributed by atoms with Crippen LogP contribution in [0.25, 0.3) is 0 Å². The van der Waals surface area contributed by atoms with Crippen molar-refractivity contribution in [1.82, 2.24) is 4.98 Å². The van der Waals surface area contributed by atoms with E-state index < -0.39 is 0 Å². The number of fused-ring (bicyclic) bond motifs is 1. The van der Waals surface area contributed by atoms with E-state index in [0.29, 0.717) is 5.02 Å². The Morgan fingerprint density at radius 1 is 1.28 bits per heavy atom. The van der Waals surface area contributed by atoms with Gasteiger partial charge in [0.1, 0.15) is 5.75 Å². The summed E-state index contributed by atoms with van der Waals surface area (Å²) in [6, 6.07) is 9.51. The van der Waals surface area contributed by atoms with Gasteiger partial charge in [0.15, 0.2) is 0 Å². The molecule has 0 spiro atoms. The predicted octanol–water partition coefficient (Wildman–Crippen LogP) is 2.72. The molecule has 92 valence electrons. The zero-order valence-corrected chi connectivity index (χ0v) is 10.5. The Hall–Kier alpha value is -1.58. The van der Waals surface area contributed by atoms with Crippen LogP contribution in [-0.4, -0.2) is 11.6 Å². The summed E-state index contributed by atoms with van der Waals surface area (Å²) < 4.78 is 5.48. The first-order valence-electron chi connectivity index (χ1n) is 5.87. The lowest BCUT2D eigenvalue weighted by atomic mass is 10.0. The highest BCUT2D eigenvalue weighted by atomic mass is 35.5. The van der Waals surface area contributed by atoms with E-state index in [1.807, 2.05) is 18.2 Å². The molecule has 1 atom stereocenters. The van der Waals surface area contributed by atoms with Crippen LogP contribution in [0.3, 0.4) is 0 Å². The van der Waals surface area contributed by atoms with E-state index in [4.69, 9.17) is 22.1 Å². The largest absolute Gasteiger partial charge is 0.493 e. The van der Waals surface area contributed by atoms with Crippen molar-refractivity contribution in [3.05, 3.63) is 58.4 Å². The van der Waals surface area contributed by atoms with Crippen molar-refractivity contribution in [3.8, 4) is 5.75 Å². The van der Waals surface area contributed by atoms with Crippen molar-refractivity contribution in [1.29, 1.82) is 0 Å². The second-order valence-corrected chi connectivity index (χ2v) is 4.78. The molecule has 1 aliphatic rings. The van der Waals surface area contributed by atoms with E-state index in [2.05, 4.69) is 11.1 Å². The van der Waals surface area contributed by atoms with E-state index in [1.165, 1.54) is 5.56 Å². The maximum atomic E-state index is 6.21. The molecule has 1 aliphatic heterocycles. The van der Waals surface area contributed by atoms with Crippen LogP contribution in [0.15, 0.2) is 36.5 Å². The van der Waals surface area contributed by atoms with Gasteiger partial charge >= 0.3 is 0 Å². The molecule has 0 aliphatic carbocycles. The molecule has 0 saturated carbocycles. The summed E-state index contributed by atoms with van der Waals surface area (Å²) in [5.41, 5.74) is 9.30. The van der Waals surface area contributed by atoms with Crippen LogP contribution >= 0.6 is 11.6 Å². The van der Waals surface area contributed by atoms with Crippen molar-refractivity contribution in [2.75, 3.05) is 6.61 Å². The minimum absolute atomic E-state index is 0.229. The number of nitrogens with zero attached hydrogens (tertiary/aromatic N) is 1. The number of hydrogen-bond acceptors (Lipinski definition) is 3. The molecule has 4 heteroatoms. The molecule has 1 unspecified atom stereocenters. The second kappa shape index (κ2) is 4.59. The van der Waals surface area contributed by atoms with Crippen LogP contribution < -0.4 is 10.5 Å². The van der Waals surface area contributed by atoms with Crippen molar-refractivity contribution in [2.45, 2.75) is 12.5 Å². The SMILES string of the molecule is NC(c1ccc2c(c1)CCO2)c1ccc(Cl)cn1. The van der Waals surface area contributed by atoms with Gasteiger partial charge in [0.05, 0.1) is 23.4 Å². The number of benzene rings is 1. The maximum Gasteiger partial charge on any atom is 0.122 e. The Morgan fingerprint density at radius 2 is 2.17 bits per heavy atom. The van der Waals surface area contributed by atoms with Crippen LogP contribution in [0.5, 0.6) is 5.75 Å². The van der Waals surface area contributed by atoms with Crippen molar-refractivity contribution in [2.24, 2.45) is 5.73 Å². The molecule has 3 nitrogen and oxygen atoms in total. The smallest absolute Gasteiger partial charge is 0.122 e. The first-order valence-corrected chi connectivity index (χ1v) is 6.24. The standard InChI is InChI=1S/C14H13ClN2O/c15-11-2-3-12(17-8-11)14(16)10-1-4-13-9(7-10)5-6-18-13/h1-4,7-8,14H,5-6,16H2. The predicted molar refractivity (Wildman–Crippen MR) is 70.9 cm³/mol. The lowest BCUT2D eigenvalue weighted by Crippen LogP contribution is -2.13. The monoisotopic (exact) mass is 260 g/mol. The Labute approximate surface area is 111 Å². The fourth-order valence-electron chi connectivity index (χ4n) is 2.14. The molecular formula is C14H13ClN2O. The van der Waals surface area contributed by atoms with Crippen molar-refractivity contribution >= 4 is 11.6 Å². The van der Waals surface area contributed by atoms with Gasteiger partial charge in [0, 0.05) is 12.6 Å². The van der Waals surface area contributed by atoms with Gasteiger partial charge in [0.25, 0.3) is 0 Å². The Bertz CT molecular complexity index is 569. The van der Waals surface area contributed by atoms with Gasteiger partial charge in [-0.25, -0.2) is 0 Å². The number of nitrogens with two attached hydrogens (primary N) is 1. The van der Waals surface area contributed by atoms with Crippen molar-refractivity contribution in [3.63, 3.8) is 0 Å². The highest BCUT2D eigenvalue weighted by Gasteiger charge is 2.16. The zero-order valence-electron chi connectivity index (χ0n) is 9.77. The fourth-order valence-corrected chi connectivity index (χ4v) is 2.25. The van der Waals surface area contributed by atoms with Crippen molar-refractivity contribution < 1.29 is 4.74 Å². The number of pyridine rings is 1. The third-order valence-corrected chi connectivity index (χ3v) is 3.37. The van der Waals surface area contributed by atoms with E-state index in [9.17, 15) is 0 Å². The number of halogens is 1. The molecule has 2 heterocycles. The Kier molecular flexibility index (Phi) is 2.94. The number of rotatable bonds is 2. The van der Waals surface area contributed by atoms with Crippen LogP contribution in [0.2, 0.25) is 5.02 Å². The third kappa shape index (κ3) is 2.07.